The first-order valence-corrected chi connectivity index (χ1v) is 4.28. The van der Waals surface area contributed by atoms with Gasteiger partial charge in [0.1, 0.15) is 0 Å². The van der Waals surface area contributed by atoms with Crippen LogP contribution in [0.15, 0.2) is 0 Å². The second-order valence-electron chi connectivity index (χ2n) is 3.40. The fourth-order valence-corrected chi connectivity index (χ4v) is 1.39. The minimum absolute atomic E-state index is 0.247. The van der Waals surface area contributed by atoms with Crippen LogP contribution in [0.4, 0.5) is 0 Å². The van der Waals surface area contributed by atoms with Gasteiger partial charge < -0.3 is 10.6 Å². The van der Waals surface area contributed by atoms with E-state index in [-0.39, 0.29) is 12.0 Å². The average molecular weight is 172 g/mol. The van der Waals surface area contributed by atoms with E-state index in [1.807, 2.05) is 0 Å². The van der Waals surface area contributed by atoms with Crippen LogP contribution in [0.25, 0.3) is 0 Å². The number of carbonyl (C=O) groups excluding carboxylic acids is 1. The third kappa shape index (κ3) is 2.46. The Morgan fingerprint density at radius 1 is 1.67 bits per heavy atom. The molecule has 1 heterocycles. The lowest BCUT2D eigenvalue weighted by molar-refractivity contribution is -0.196. The number of piperidine rings is 1. The van der Waals surface area contributed by atoms with Crippen molar-refractivity contribution in [2.75, 3.05) is 13.1 Å². The molecule has 2 atom stereocenters. The summed E-state index contributed by atoms with van der Waals surface area (Å²) < 4.78 is 0. The first-order valence-electron chi connectivity index (χ1n) is 4.28. The standard InChI is InChI=1S/C8H16N2O2/c1-6-5-10(12-7(2)11)4-3-8(6)9/h6,8H,3-5,9H2,1-2H3. The van der Waals surface area contributed by atoms with E-state index in [1.54, 1.807) is 5.06 Å². The Bertz CT molecular complexity index is 172. The Labute approximate surface area is 72.6 Å². The van der Waals surface area contributed by atoms with Gasteiger partial charge in [-0.05, 0) is 12.3 Å². The highest BCUT2D eigenvalue weighted by Gasteiger charge is 2.24. The van der Waals surface area contributed by atoms with Crippen molar-refractivity contribution in [1.29, 1.82) is 0 Å². The zero-order valence-electron chi connectivity index (χ0n) is 7.62. The van der Waals surface area contributed by atoms with Crippen molar-refractivity contribution in [3.8, 4) is 0 Å². The summed E-state index contributed by atoms with van der Waals surface area (Å²) in [5, 5.41) is 1.69. The van der Waals surface area contributed by atoms with Crippen LogP contribution >= 0.6 is 0 Å². The lowest BCUT2D eigenvalue weighted by atomic mass is 9.96. The van der Waals surface area contributed by atoms with E-state index in [1.165, 1.54) is 6.92 Å². The van der Waals surface area contributed by atoms with Crippen LogP contribution in [0, 0.1) is 5.92 Å². The number of hydrogen-bond acceptors (Lipinski definition) is 4. The van der Waals surface area contributed by atoms with E-state index >= 15 is 0 Å². The fourth-order valence-electron chi connectivity index (χ4n) is 1.39. The zero-order chi connectivity index (χ0) is 9.14. The summed E-state index contributed by atoms with van der Waals surface area (Å²) in [5.74, 6) is 0.149. The molecule has 0 aromatic carbocycles. The van der Waals surface area contributed by atoms with Crippen molar-refractivity contribution < 1.29 is 9.63 Å². The van der Waals surface area contributed by atoms with Crippen molar-refractivity contribution in [1.82, 2.24) is 5.06 Å². The second-order valence-corrected chi connectivity index (χ2v) is 3.40. The van der Waals surface area contributed by atoms with Crippen LogP contribution in [-0.4, -0.2) is 30.2 Å². The average Bonchev–Trinajstić information content (AvgIpc) is 1.96. The lowest BCUT2D eigenvalue weighted by Gasteiger charge is -2.33. The maximum absolute atomic E-state index is 10.6. The van der Waals surface area contributed by atoms with Crippen LogP contribution < -0.4 is 5.73 Å². The van der Waals surface area contributed by atoms with Gasteiger partial charge in [-0.15, -0.1) is 5.06 Å². The van der Waals surface area contributed by atoms with Crippen molar-refractivity contribution in [3.63, 3.8) is 0 Å². The fraction of sp³-hybridized carbons (Fsp3) is 0.875. The number of hydrogen-bond donors (Lipinski definition) is 1. The monoisotopic (exact) mass is 172 g/mol. The molecule has 4 nitrogen and oxygen atoms in total. The molecule has 1 rings (SSSR count). The predicted molar refractivity (Wildman–Crippen MR) is 45.1 cm³/mol. The van der Waals surface area contributed by atoms with Crippen LogP contribution in [0.3, 0.4) is 0 Å². The molecule has 0 bridgehead atoms. The first-order chi connectivity index (χ1) is 5.59. The molecule has 0 aliphatic carbocycles. The van der Waals surface area contributed by atoms with Gasteiger partial charge in [-0.2, -0.15) is 0 Å². The molecule has 1 fully saturated rings. The minimum Gasteiger partial charge on any atom is -0.368 e. The summed E-state index contributed by atoms with van der Waals surface area (Å²) in [5.41, 5.74) is 5.80. The summed E-state index contributed by atoms with van der Waals surface area (Å²) in [4.78, 5) is 15.6. The van der Waals surface area contributed by atoms with Crippen molar-refractivity contribution in [2.24, 2.45) is 11.7 Å². The highest BCUT2D eigenvalue weighted by molar-refractivity contribution is 5.65. The number of rotatable bonds is 1. The predicted octanol–water partition coefficient (Wildman–Crippen LogP) is 0.134. The highest BCUT2D eigenvalue weighted by atomic mass is 16.7. The smallest absolute Gasteiger partial charge is 0.322 e. The van der Waals surface area contributed by atoms with Gasteiger partial charge in [-0.1, -0.05) is 6.92 Å². The third-order valence-corrected chi connectivity index (χ3v) is 2.19. The van der Waals surface area contributed by atoms with Crippen LogP contribution in [0.5, 0.6) is 0 Å². The Morgan fingerprint density at radius 2 is 2.33 bits per heavy atom. The molecule has 2 unspecified atom stereocenters. The van der Waals surface area contributed by atoms with Crippen molar-refractivity contribution >= 4 is 5.97 Å². The Kier molecular flexibility index (Phi) is 3.05. The second kappa shape index (κ2) is 3.87. The summed E-state index contributed by atoms with van der Waals surface area (Å²) in [6.45, 7) is 4.99. The highest BCUT2D eigenvalue weighted by Crippen LogP contribution is 2.14. The van der Waals surface area contributed by atoms with E-state index in [9.17, 15) is 4.79 Å². The van der Waals surface area contributed by atoms with E-state index in [2.05, 4.69) is 6.92 Å². The van der Waals surface area contributed by atoms with Gasteiger partial charge in [0.15, 0.2) is 0 Å². The lowest BCUT2D eigenvalue weighted by Crippen LogP contribution is -2.46. The first kappa shape index (κ1) is 9.48. The minimum atomic E-state index is -0.252. The normalized spacial score (nSPS) is 31.6. The van der Waals surface area contributed by atoms with Gasteiger partial charge in [0, 0.05) is 26.1 Å². The van der Waals surface area contributed by atoms with Crippen molar-refractivity contribution in [3.05, 3.63) is 0 Å². The summed E-state index contributed by atoms with van der Waals surface area (Å²) in [6.07, 6.45) is 0.897. The van der Waals surface area contributed by atoms with E-state index in [4.69, 9.17) is 10.6 Å². The SMILES string of the molecule is CC(=O)ON1CCC(N)C(C)C1. The molecule has 1 aliphatic heterocycles. The van der Waals surface area contributed by atoms with Gasteiger partial charge >= 0.3 is 5.97 Å². The molecular formula is C8H16N2O2. The number of hydroxylamine groups is 2. The third-order valence-electron chi connectivity index (χ3n) is 2.19. The van der Waals surface area contributed by atoms with E-state index in [0.717, 1.165) is 19.5 Å². The van der Waals surface area contributed by atoms with Crippen LogP contribution in [0.2, 0.25) is 0 Å². The van der Waals surface area contributed by atoms with Crippen molar-refractivity contribution in [2.45, 2.75) is 26.3 Å². The topological polar surface area (TPSA) is 55.6 Å². The van der Waals surface area contributed by atoms with Gasteiger partial charge in [-0.3, -0.25) is 4.79 Å². The van der Waals surface area contributed by atoms with E-state index < -0.39 is 0 Å². The van der Waals surface area contributed by atoms with Gasteiger partial charge in [0.25, 0.3) is 0 Å². The van der Waals surface area contributed by atoms with Gasteiger partial charge in [-0.25, -0.2) is 0 Å². The summed E-state index contributed by atoms with van der Waals surface area (Å²) >= 11 is 0. The molecule has 0 spiro atoms. The van der Waals surface area contributed by atoms with Gasteiger partial charge in [0.2, 0.25) is 0 Å². The zero-order valence-corrected chi connectivity index (χ0v) is 7.62. The number of carbonyl (C=O) groups is 1. The molecule has 0 amide bonds. The molecular weight excluding hydrogens is 156 g/mol. The summed E-state index contributed by atoms with van der Waals surface area (Å²) in [6, 6.07) is 0.247. The quantitative estimate of drug-likeness (QED) is 0.611. The van der Waals surface area contributed by atoms with Crippen LogP contribution in [-0.2, 0) is 9.63 Å². The molecule has 0 radical (unpaired) electrons. The molecule has 0 aromatic rings. The number of nitrogens with two attached hydrogens (primary N) is 1. The largest absolute Gasteiger partial charge is 0.368 e. The Morgan fingerprint density at radius 3 is 2.83 bits per heavy atom. The molecule has 2 N–H and O–H groups in total. The molecule has 1 saturated heterocycles. The van der Waals surface area contributed by atoms with Gasteiger partial charge in [0.05, 0.1) is 0 Å². The van der Waals surface area contributed by atoms with Crippen LogP contribution in [0.1, 0.15) is 20.3 Å². The molecule has 70 valence electrons. The summed E-state index contributed by atoms with van der Waals surface area (Å²) in [7, 11) is 0. The molecule has 0 saturated carbocycles. The van der Waals surface area contributed by atoms with E-state index in [0.29, 0.717) is 5.92 Å². The Hall–Kier alpha value is -0.610. The Balaban J connectivity index is 2.35. The maximum atomic E-state index is 10.6. The molecule has 12 heavy (non-hydrogen) atoms. The maximum Gasteiger partial charge on any atom is 0.322 e. The molecule has 0 aromatic heterocycles. The molecule has 4 heteroatoms. The molecule has 1 aliphatic rings. The number of nitrogens with zero attached hydrogens (tertiary/aromatic N) is 1.